The van der Waals surface area contributed by atoms with E-state index in [4.69, 9.17) is 9.72 Å². The molecule has 0 amide bonds. The van der Waals surface area contributed by atoms with Gasteiger partial charge in [-0.05, 0) is 48.4 Å². The van der Waals surface area contributed by atoms with Gasteiger partial charge in [-0.25, -0.2) is 4.98 Å². The van der Waals surface area contributed by atoms with Crippen molar-refractivity contribution in [2.75, 3.05) is 0 Å². The highest BCUT2D eigenvalue weighted by atomic mass is 79.9. The van der Waals surface area contributed by atoms with E-state index in [1.165, 1.54) is 16.7 Å². The average molecular weight is 428 g/mol. The van der Waals surface area contributed by atoms with Gasteiger partial charge in [-0.3, -0.25) is 0 Å². The first-order chi connectivity index (χ1) is 13.7. The van der Waals surface area contributed by atoms with Crippen molar-refractivity contribution < 1.29 is 4.74 Å². The van der Waals surface area contributed by atoms with Crippen molar-refractivity contribution in [3.05, 3.63) is 94.5 Å². The molecule has 3 aromatic carbocycles. The fourth-order valence-corrected chi connectivity index (χ4v) is 3.90. The second-order valence-corrected chi connectivity index (χ2v) is 7.96. The third kappa shape index (κ3) is 3.02. The second kappa shape index (κ2) is 6.92. The Kier molecular flexibility index (Phi) is 4.25. The van der Waals surface area contributed by atoms with Gasteiger partial charge in [-0.2, -0.15) is 0 Å². The number of fused-ring (bicyclic) bond motifs is 3. The van der Waals surface area contributed by atoms with Crippen LogP contribution in [-0.2, 0) is 6.61 Å². The van der Waals surface area contributed by atoms with Crippen LogP contribution in [0.25, 0.3) is 33.6 Å². The molecule has 0 spiro atoms. The Hall–Kier alpha value is -2.91. The predicted molar refractivity (Wildman–Crippen MR) is 117 cm³/mol. The lowest BCUT2D eigenvalue weighted by molar-refractivity contribution is 0.302. The third-order valence-electron chi connectivity index (χ3n) is 5.14. The SMILES string of the molecule is Cc1ccc(-c2cc(-c3ccc(Br)cc3)nc3c2COc2ccccc2-3)cc1. The molecular formula is C25H18BrNO. The highest BCUT2D eigenvalue weighted by molar-refractivity contribution is 9.10. The highest BCUT2D eigenvalue weighted by Crippen LogP contribution is 2.42. The minimum atomic E-state index is 0.531. The predicted octanol–water partition coefficient (Wildman–Crippen LogP) is 7.05. The normalized spacial score (nSPS) is 12.1. The number of benzene rings is 3. The van der Waals surface area contributed by atoms with Crippen LogP contribution in [-0.4, -0.2) is 4.98 Å². The largest absolute Gasteiger partial charge is 0.488 e. The molecule has 28 heavy (non-hydrogen) atoms. The van der Waals surface area contributed by atoms with Crippen LogP contribution < -0.4 is 4.74 Å². The Bertz CT molecular complexity index is 1160. The lowest BCUT2D eigenvalue weighted by Crippen LogP contribution is -2.09. The molecule has 2 heterocycles. The summed E-state index contributed by atoms with van der Waals surface area (Å²) in [5.41, 5.74) is 8.89. The zero-order valence-corrected chi connectivity index (χ0v) is 17.0. The molecule has 0 atom stereocenters. The molecule has 1 aliphatic rings. The number of hydrogen-bond donors (Lipinski definition) is 0. The van der Waals surface area contributed by atoms with Gasteiger partial charge in [0.25, 0.3) is 0 Å². The fourth-order valence-electron chi connectivity index (χ4n) is 3.64. The minimum Gasteiger partial charge on any atom is -0.488 e. The number of hydrogen-bond acceptors (Lipinski definition) is 2. The first-order valence-electron chi connectivity index (χ1n) is 9.28. The zero-order valence-electron chi connectivity index (χ0n) is 15.4. The van der Waals surface area contributed by atoms with Gasteiger partial charge < -0.3 is 4.74 Å². The zero-order chi connectivity index (χ0) is 19.1. The van der Waals surface area contributed by atoms with Crippen molar-refractivity contribution >= 4 is 15.9 Å². The Morgan fingerprint density at radius 1 is 0.821 bits per heavy atom. The van der Waals surface area contributed by atoms with Crippen molar-refractivity contribution in [3.63, 3.8) is 0 Å². The quantitative estimate of drug-likeness (QED) is 0.341. The summed E-state index contributed by atoms with van der Waals surface area (Å²) in [5, 5.41) is 0. The monoisotopic (exact) mass is 427 g/mol. The Balaban J connectivity index is 1.78. The van der Waals surface area contributed by atoms with Crippen LogP contribution >= 0.6 is 15.9 Å². The maximum absolute atomic E-state index is 6.05. The van der Waals surface area contributed by atoms with E-state index in [-0.39, 0.29) is 0 Å². The average Bonchev–Trinajstić information content (AvgIpc) is 2.74. The summed E-state index contributed by atoms with van der Waals surface area (Å²) in [4.78, 5) is 5.06. The topological polar surface area (TPSA) is 22.1 Å². The second-order valence-electron chi connectivity index (χ2n) is 7.04. The molecule has 0 saturated heterocycles. The summed E-state index contributed by atoms with van der Waals surface area (Å²) in [6.07, 6.45) is 0. The molecule has 3 heteroatoms. The number of rotatable bonds is 2. The molecule has 0 radical (unpaired) electrons. The van der Waals surface area contributed by atoms with E-state index >= 15 is 0 Å². The van der Waals surface area contributed by atoms with E-state index in [1.54, 1.807) is 0 Å². The van der Waals surface area contributed by atoms with Crippen LogP contribution in [0.3, 0.4) is 0 Å². The number of aromatic nitrogens is 1. The summed E-state index contributed by atoms with van der Waals surface area (Å²) < 4.78 is 7.11. The smallest absolute Gasteiger partial charge is 0.129 e. The number of ether oxygens (including phenoxy) is 1. The fraction of sp³-hybridized carbons (Fsp3) is 0.0800. The number of halogens is 1. The summed E-state index contributed by atoms with van der Waals surface area (Å²) in [6.45, 7) is 2.64. The Labute approximate surface area is 173 Å². The van der Waals surface area contributed by atoms with Gasteiger partial charge in [-0.1, -0.05) is 70.0 Å². The molecule has 1 aromatic heterocycles. The van der Waals surface area contributed by atoms with Gasteiger partial charge in [0.2, 0.25) is 0 Å². The molecule has 0 bridgehead atoms. The van der Waals surface area contributed by atoms with Crippen molar-refractivity contribution in [2.45, 2.75) is 13.5 Å². The van der Waals surface area contributed by atoms with Crippen LogP contribution in [0.2, 0.25) is 0 Å². The molecule has 0 fully saturated rings. The third-order valence-corrected chi connectivity index (χ3v) is 5.67. The molecule has 0 unspecified atom stereocenters. The summed E-state index contributed by atoms with van der Waals surface area (Å²) in [7, 11) is 0. The van der Waals surface area contributed by atoms with Gasteiger partial charge in [0.05, 0.1) is 11.4 Å². The molecule has 0 aliphatic carbocycles. The number of para-hydroxylation sites is 1. The van der Waals surface area contributed by atoms with Gasteiger partial charge in [0.1, 0.15) is 12.4 Å². The maximum atomic E-state index is 6.05. The van der Waals surface area contributed by atoms with Crippen molar-refractivity contribution in [1.29, 1.82) is 0 Å². The molecule has 5 rings (SSSR count). The maximum Gasteiger partial charge on any atom is 0.129 e. The van der Waals surface area contributed by atoms with Crippen LogP contribution in [0.4, 0.5) is 0 Å². The summed E-state index contributed by atoms with van der Waals surface area (Å²) in [6, 6.07) is 27.3. The molecule has 136 valence electrons. The van der Waals surface area contributed by atoms with E-state index in [2.05, 4.69) is 83.5 Å². The van der Waals surface area contributed by atoms with E-state index in [0.29, 0.717) is 6.61 Å². The lowest BCUT2D eigenvalue weighted by atomic mass is 9.92. The van der Waals surface area contributed by atoms with Crippen LogP contribution in [0.1, 0.15) is 11.1 Å². The summed E-state index contributed by atoms with van der Waals surface area (Å²) in [5.74, 6) is 0.894. The Morgan fingerprint density at radius 2 is 1.54 bits per heavy atom. The first kappa shape index (κ1) is 17.2. The lowest BCUT2D eigenvalue weighted by Gasteiger charge is -2.23. The van der Waals surface area contributed by atoms with Crippen LogP contribution in [0.5, 0.6) is 5.75 Å². The van der Waals surface area contributed by atoms with E-state index in [9.17, 15) is 0 Å². The van der Waals surface area contributed by atoms with Crippen molar-refractivity contribution in [2.24, 2.45) is 0 Å². The number of aryl methyl sites for hydroxylation is 1. The molecule has 0 saturated carbocycles. The number of pyridine rings is 1. The van der Waals surface area contributed by atoms with Crippen LogP contribution in [0, 0.1) is 6.92 Å². The molecule has 1 aliphatic heterocycles. The molecular weight excluding hydrogens is 410 g/mol. The van der Waals surface area contributed by atoms with E-state index in [1.807, 2.05) is 18.2 Å². The molecule has 0 N–H and O–H groups in total. The molecule has 2 nitrogen and oxygen atoms in total. The minimum absolute atomic E-state index is 0.531. The summed E-state index contributed by atoms with van der Waals surface area (Å²) >= 11 is 3.52. The van der Waals surface area contributed by atoms with Gasteiger partial charge in [0, 0.05) is 21.2 Å². The first-order valence-corrected chi connectivity index (χ1v) is 10.1. The van der Waals surface area contributed by atoms with Crippen LogP contribution in [0.15, 0.2) is 83.3 Å². The standard InChI is InChI=1S/C25H18BrNO/c1-16-6-8-17(9-7-16)21-14-23(18-10-12-19(26)13-11-18)27-25-20-4-2-3-5-24(20)28-15-22(21)25/h2-14H,15H2,1H3. The van der Waals surface area contributed by atoms with Gasteiger partial charge >= 0.3 is 0 Å². The van der Waals surface area contributed by atoms with E-state index < -0.39 is 0 Å². The van der Waals surface area contributed by atoms with Crippen molar-refractivity contribution in [3.8, 4) is 39.4 Å². The van der Waals surface area contributed by atoms with Gasteiger partial charge in [0.15, 0.2) is 0 Å². The molecule has 4 aromatic rings. The van der Waals surface area contributed by atoms with Gasteiger partial charge in [-0.15, -0.1) is 0 Å². The Morgan fingerprint density at radius 3 is 2.32 bits per heavy atom. The highest BCUT2D eigenvalue weighted by Gasteiger charge is 2.23. The number of nitrogens with zero attached hydrogens (tertiary/aromatic N) is 1. The van der Waals surface area contributed by atoms with Crippen molar-refractivity contribution in [1.82, 2.24) is 4.98 Å². The van der Waals surface area contributed by atoms with E-state index in [0.717, 1.165) is 38.3 Å².